The van der Waals surface area contributed by atoms with Crippen molar-refractivity contribution in [2.75, 3.05) is 13.1 Å². The predicted molar refractivity (Wildman–Crippen MR) is 65.5 cm³/mol. The van der Waals surface area contributed by atoms with Crippen LogP contribution in [0.1, 0.15) is 5.56 Å². The number of nitro groups is 1. The van der Waals surface area contributed by atoms with Gasteiger partial charge in [0.25, 0.3) is 5.69 Å². The summed E-state index contributed by atoms with van der Waals surface area (Å²) in [7, 11) is -3.55. The van der Waals surface area contributed by atoms with Crippen LogP contribution in [0.3, 0.4) is 0 Å². The van der Waals surface area contributed by atoms with Gasteiger partial charge in [-0.1, -0.05) is 18.2 Å². The summed E-state index contributed by atoms with van der Waals surface area (Å²) in [5, 5.41) is 13.7. The van der Waals surface area contributed by atoms with E-state index in [1.54, 1.807) is 6.07 Å². The highest BCUT2D eigenvalue weighted by Crippen LogP contribution is 2.19. The maximum atomic E-state index is 11.8. The maximum absolute atomic E-state index is 11.8. The topological polar surface area (TPSA) is 101 Å². The lowest BCUT2D eigenvalue weighted by molar-refractivity contribution is -0.385. The molecule has 1 heterocycles. The summed E-state index contributed by atoms with van der Waals surface area (Å²) in [4.78, 5) is 10.2. The monoisotopic (exact) mass is 271 g/mol. The van der Waals surface area contributed by atoms with Crippen LogP contribution in [0.2, 0.25) is 0 Å². The summed E-state index contributed by atoms with van der Waals surface area (Å²) in [5.74, 6) is -0.374. The molecule has 1 saturated heterocycles. The number of nitrogens with zero attached hydrogens (tertiary/aromatic N) is 1. The first kappa shape index (κ1) is 12.9. The molecular weight excluding hydrogens is 258 g/mol. The van der Waals surface area contributed by atoms with Gasteiger partial charge in [0.2, 0.25) is 10.0 Å². The van der Waals surface area contributed by atoms with E-state index in [2.05, 4.69) is 10.0 Å². The number of hydrogen-bond donors (Lipinski definition) is 2. The Hall–Kier alpha value is -1.51. The van der Waals surface area contributed by atoms with Crippen LogP contribution in [0.5, 0.6) is 0 Å². The Morgan fingerprint density at radius 2 is 2.06 bits per heavy atom. The van der Waals surface area contributed by atoms with Gasteiger partial charge in [0.1, 0.15) is 0 Å². The van der Waals surface area contributed by atoms with Crippen LogP contribution in [0.15, 0.2) is 24.3 Å². The lowest BCUT2D eigenvalue weighted by atomic mass is 10.2. The lowest BCUT2D eigenvalue weighted by Crippen LogP contribution is -2.56. The second kappa shape index (κ2) is 5.01. The molecule has 0 aromatic heterocycles. The Bertz CT molecular complexity index is 554. The van der Waals surface area contributed by atoms with Crippen LogP contribution in [0, 0.1) is 10.1 Å². The van der Waals surface area contributed by atoms with Crippen LogP contribution >= 0.6 is 0 Å². The van der Waals surface area contributed by atoms with Crippen molar-refractivity contribution in [1.29, 1.82) is 0 Å². The normalized spacial score (nSPS) is 16.2. The van der Waals surface area contributed by atoms with E-state index < -0.39 is 14.9 Å². The van der Waals surface area contributed by atoms with E-state index in [0.29, 0.717) is 13.1 Å². The third-order valence-electron chi connectivity index (χ3n) is 2.66. The van der Waals surface area contributed by atoms with Gasteiger partial charge in [-0.25, -0.2) is 13.1 Å². The first-order chi connectivity index (χ1) is 8.48. The molecule has 2 rings (SSSR count). The van der Waals surface area contributed by atoms with Gasteiger partial charge in [-0.15, -0.1) is 0 Å². The molecule has 1 aromatic rings. The minimum Gasteiger partial charge on any atom is -0.313 e. The average Bonchev–Trinajstić information content (AvgIpc) is 2.24. The SMILES string of the molecule is O=[N+]([O-])c1ccccc1CS(=O)(=O)NC1CNC1. The molecule has 18 heavy (non-hydrogen) atoms. The zero-order valence-electron chi connectivity index (χ0n) is 9.50. The largest absolute Gasteiger partial charge is 0.313 e. The quantitative estimate of drug-likeness (QED) is 0.579. The molecule has 0 atom stereocenters. The van der Waals surface area contributed by atoms with Gasteiger partial charge in [0.05, 0.1) is 10.7 Å². The highest BCUT2D eigenvalue weighted by molar-refractivity contribution is 7.88. The molecular formula is C10H13N3O4S. The fourth-order valence-electron chi connectivity index (χ4n) is 1.68. The minimum atomic E-state index is -3.55. The van der Waals surface area contributed by atoms with Crippen LogP contribution in [0.25, 0.3) is 0 Å². The van der Waals surface area contributed by atoms with Crippen molar-refractivity contribution in [2.45, 2.75) is 11.8 Å². The van der Waals surface area contributed by atoms with E-state index in [-0.39, 0.29) is 23.0 Å². The molecule has 0 spiro atoms. The summed E-state index contributed by atoms with van der Waals surface area (Å²) < 4.78 is 26.1. The third-order valence-corrected chi connectivity index (χ3v) is 4.05. The standard InChI is InChI=1S/C10H13N3O4S/c14-13(15)10-4-2-1-3-8(10)7-18(16,17)12-9-5-11-6-9/h1-4,9,11-12H,5-7H2. The van der Waals surface area contributed by atoms with E-state index in [1.165, 1.54) is 18.2 Å². The molecule has 8 heteroatoms. The predicted octanol–water partition coefficient (Wildman–Crippen LogP) is -0.0140. The second-order valence-electron chi connectivity index (χ2n) is 4.12. The molecule has 0 aliphatic carbocycles. The van der Waals surface area contributed by atoms with Gasteiger partial charge in [-0.3, -0.25) is 10.1 Å². The van der Waals surface area contributed by atoms with Crippen molar-refractivity contribution >= 4 is 15.7 Å². The Balaban J connectivity index is 2.15. The Morgan fingerprint density at radius 3 is 2.61 bits per heavy atom. The molecule has 1 aromatic carbocycles. The fourth-order valence-corrected chi connectivity index (χ4v) is 3.09. The second-order valence-corrected chi connectivity index (χ2v) is 5.87. The van der Waals surface area contributed by atoms with Crippen LogP contribution in [-0.4, -0.2) is 32.5 Å². The van der Waals surface area contributed by atoms with Gasteiger partial charge in [0.15, 0.2) is 0 Å². The zero-order chi connectivity index (χ0) is 13.2. The van der Waals surface area contributed by atoms with Crippen molar-refractivity contribution in [3.8, 4) is 0 Å². The molecule has 1 aliphatic heterocycles. The maximum Gasteiger partial charge on any atom is 0.273 e. The molecule has 1 fully saturated rings. The van der Waals surface area contributed by atoms with E-state index in [4.69, 9.17) is 0 Å². The van der Waals surface area contributed by atoms with E-state index in [0.717, 1.165) is 0 Å². The molecule has 1 aliphatic rings. The number of sulfonamides is 1. The molecule has 0 amide bonds. The first-order valence-electron chi connectivity index (χ1n) is 5.41. The van der Waals surface area contributed by atoms with Crippen molar-refractivity contribution in [2.24, 2.45) is 0 Å². The molecule has 0 radical (unpaired) electrons. The minimum absolute atomic E-state index is 0.113. The van der Waals surface area contributed by atoms with E-state index in [1.807, 2.05) is 0 Å². The van der Waals surface area contributed by atoms with Crippen LogP contribution in [0.4, 0.5) is 5.69 Å². The molecule has 0 bridgehead atoms. The summed E-state index contributed by atoms with van der Waals surface area (Å²) in [5.41, 5.74) is 0.0249. The fraction of sp³-hybridized carbons (Fsp3) is 0.400. The van der Waals surface area contributed by atoms with E-state index in [9.17, 15) is 18.5 Å². The number of para-hydroxylation sites is 1. The smallest absolute Gasteiger partial charge is 0.273 e. The van der Waals surface area contributed by atoms with Gasteiger partial charge in [-0.2, -0.15) is 0 Å². The molecule has 7 nitrogen and oxygen atoms in total. The van der Waals surface area contributed by atoms with Crippen molar-refractivity contribution in [3.05, 3.63) is 39.9 Å². The van der Waals surface area contributed by atoms with E-state index >= 15 is 0 Å². The summed E-state index contributed by atoms with van der Waals surface area (Å²) in [6, 6.07) is 5.74. The number of rotatable bonds is 5. The Labute approximate surface area is 104 Å². The lowest BCUT2D eigenvalue weighted by Gasteiger charge is -2.27. The van der Waals surface area contributed by atoms with Crippen LogP contribution < -0.4 is 10.0 Å². The Kier molecular flexibility index (Phi) is 3.60. The van der Waals surface area contributed by atoms with Gasteiger partial charge in [-0.05, 0) is 0 Å². The van der Waals surface area contributed by atoms with Gasteiger partial charge in [0, 0.05) is 30.8 Å². The molecule has 0 saturated carbocycles. The highest BCUT2D eigenvalue weighted by atomic mass is 32.2. The number of hydrogen-bond acceptors (Lipinski definition) is 5. The highest BCUT2D eigenvalue weighted by Gasteiger charge is 2.25. The molecule has 2 N–H and O–H groups in total. The number of benzene rings is 1. The number of nitrogens with one attached hydrogen (secondary N) is 2. The molecule has 0 unspecified atom stereocenters. The summed E-state index contributed by atoms with van der Waals surface area (Å²) in [6.07, 6.45) is 0. The number of nitro benzene ring substituents is 1. The zero-order valence-corrected chi connectivity index (χ0v) is 10.3. The van der Waals surface area contributed by atoms with Crippen LogP contribution in [-0.2, 0) is 15.8 Å². The summed E-state index contributed by atoms with van der Waals surface area (Å²) in [6.45, 7) is 1.19. The van der Waals surface area contributed by atoms with Gasteiger partial charge < -0.3 is 5.32 Å². The van der Waals surface area contributed by atoms with Crippen molar-refractivity contribution in [1.82, 2.24) is 10.0 Å². The van der Waals surface area contributed by atoms with Crippen molar-refractivity contribution in [3.63, 3.8) is 0 Å². The molecule has 98 valence electrons. The Morgan fingerprint density at radius 1 is 1.39 bits per heavy atom. The van der Waals surface area contributed by atoms with Crippen molar-refractivity contribution < 1.29 is 13.3 Å². The third kappa shape index (κ3) is 3.03. The average molecular weight is 271 g/mol. The summed E-state index contributed by atoms with van der Waals surface area (Å²) >= 11 is 0. The first-order valence-corrected chi connectivity index (χ1v) is 7.06. The van der Waals surface area contributed by atoms with Gasteiger partial charge >= 0.3 is 0 Å².